The summed E-state index contributed by atoms with van der Waals surface area (Å²) < 4.78 is 7.36. The van der Waals surface area contributed by atoms with Crippen LogP contribution in [0.1, 0.15) is 16.7 Å². The van der Waals surface area contributed by atoms with E-state index in [-0.39, 0.29) is 5.57 Å². The van der Waals surface area contributed by atoms with Gasteiger partial charge in [0.25, 0.3) is 5.91 Å². The molecular weight excluding hydrogens is 508 g/mol. The normalized spacial score (nSPS) is 10.9. The Labute approximate surface area is 192 Å². The molecule has 0 saturated carbocycles. The van der Waals surface area contributed by atoms with Gasteiger partial charge in [0.2, 0.25) is 0 Å². The Hall–Kier alpha value is -2.88. The van der Waals surface area contributed by atoms with Crippen LogP contribution in [-0.4, -0.2) is 5.91 Å². The number of amides is 1. The number of para-hydroxylation sites is 1. The fourth-order valence-electron chi connectivity index (χ4n) is 2.75. The molecule has 4 nitrogen and oxygen atoms in total. The number of rotatable bonds is 6. The summed E-state index contributed by atoms with van der Waals surface area (Å²) in [5.74, 6) is 0.197. The molecule has 0 heterocycles. The summed E-state index contributed by atoms with van der Waals surface area (Å²) >= 11 is 7.03. The van der Waals surface area contributed by atoms with Crippen molar-refractivity contribution in [2.75, 3.05) is 5.32 Å². The molecule has 3 aromatic rings. The Balaban J connectivity index is 1.79. The van der Waals surface area contributed by atoms with E-state index >= 15 is 0 Å². The Kier molecular flexibility index (Phi) is 7.45. The second kappa shape index (κ2) is 10.2. The number of hydrogen-bond acceptors (Lipinski definition) is 3. The third kappa shape index (κ3) is 5.59. The van der Waals surface area contributed by atoms with Gasteiger partial charge in [-0.15, -0.1) is 0 Å². The molecule has 0 aliphatic heterocycles. The van der Waals surface area contributed by atoms with Gasteiger partial charge in [0.05, 0.1) is 8.95 Å². The molecule has 3 rings (SSSR count). The fraction of sp³-hybridized carbons (Fsp3) is 0.0833. The van der Waals surface area contributed by atoms with Gasteiger partial charge in [-0.25, -0.2) is 0 Å². The van der Waals surface area contributed by atoms with E-state index in [1.807, 2.05) is 73.7 Å². The minimum atomic E-state index is -0.455. The Morgan fingerprint density at radius 1 is 1.07 bits per heavy atom. The molecule has 30 heavy (non-hydrogen) atoms. The standard InChI is InChI=1S/C24H18Br2N2O2/c1-16-7-5-6-10-22(16)28-24(29)19(14-27)11-18-12-20(25)23(21(26)13-18)30-15-17-8-3-2-4-9-17/h2-13H,15H2,1H3,(H,28,29)/b19-11-. The lowest BCUT2D eigenvalue weighted by atomic mass is 10.1. The zero-order valence-corrected chi connectivity index (χ0v) is 19.3. The average Bonchev–Trinajstić information content (AvgIpc) is 2.73. The van der Waals surface area contributed by atoms with E-state index in [1.54, 1.807) is 12.1 Å². The molecule has 6 heteroatoms. The third-order valence-electron chi connectivity index (χ3n) is 4.32. The molecule has 150 valence electrons. The number of hydrogen-bond donors (Lipinski definition) is 1. The van der Waals surface area contributed by atoms with Crippen LogP contribution < -0.4 is 10.1 Å². The third-order valence-corrected chi connectivity index (χ3v) is 5.49. The smallest absolute Gasteiger partial charge is 0.266 e. The highest BCUT2D eigenvalue weighted by atomic mass is 79.9. The van der Waals surface area contributed by atoms with Gasteiger partial charge in [-0.1, -0.05) is 48.5 Å². The predicted octanol–water partition coefficient (Wildman–Crippen LogP) is 6.64. The van der Waals surface area contributed by atoms with Crippen molar-refractivity contribution in [3.05, 3.63) is 97.9 Å². The number of nitriles is 1. The highest BCUT2D eigenvalue weighted by molar-refractivity contribution is 9.11. The number of halogens is 2. The first-order valence-electron chi connectivity index (χ1n) is 9.12. The van der Waals surface area contributed by atoms with Crippen molar-refractivity contribution in [3.63, 3.8) is 0 Å². The highest BCUT2D eigenvalue weighted by Crippen LogP contribution is 2.36. The molecule has 0 aromatic heterocycles. The van der Waals surface area contributed by atoms with Gasteiger partial charge in [-0.3, -0.25) is 4.79 Å². The minimum absolute atomic E-state index is 0.00927. The summed E-state index contributed by atoms with van der Waals surface area (Å²) in [5, 5.41) is 12.3. The van der Waals surface area contributed by atoms with Gasteiger partial charge >= 0.3 is 0 Å². The summed E-state index contributed by atoms with van der Waals surface area (Å²) in [7, 11) is 0. The molecule has 0 spiro atoms. The Bertz CT molecular complexity index is 1110. The van der Waals surface area contributed by atoms with Crippen LogP contribution in [0.2, 0.25) is 0 Å². The lowest BCUT2D eigenvalue weighted by molar-refractivity contribution is -0.112. The zero-order chi connectivity index (χ0) is 21.5. The summed E-state index contributed by atoms with van der Waals surface area (Å²) in [6.45, 7) is 2.32. The van der Waals surface area contributed by atoms with Gasteiger partial charge in [0, 0.05) is 5.69 Å². The molecule has 0 fully saturated rings. The molecule has 0 unspecified atom stereocenters. The van der Waals surface area contributed by atoms with Gasteiger partial charge in [0.15, 0.2) is 0 Å². The number of benzene rings is 3. The summed E-state index contributed by atoms with van der Waals surface area (Å²) in [6, 6.07) is 22.9. The number of carbonyl (C=O) groups is 1. The number of nitrogens with zero attached hydrogens (tertiary/aromatic N) is 1. The molecule has 1 amide bonds. The quantitative estimate of drug-likeness (QED) is 0.289. The molecule has 0 aliphatic rings. The maximum Gasteiger partial charge on any atom is 0.266 e. The van der Waals surface area contributed by atoms with E-state index < -0.39 is 5.91 Å². The van der Waals surface area contributed by atoms with Crippen LogP contribution in [0, 0.1) is 18.3 Å². The summed E-state index contributed by atoms with van der Waals surface area (Å²) in [6.07, 6.45) is 1.55. The van der Waals surface area contributed by atoms with Crippen LogP contribution in [0.3, 0.4) is 0 Å². The van der Waals surface area contributed by atoms with Crippen LogP contribution in [-0.2, 0) is 11.4 Å². The first-order chi connectivity index (χ1) is 14.5. The molecule has 0 atom stereocenters. The lowest BCUT2D eigenvalue weighted by Crippen LogP contribution is -2.14. The second-order valence-electron chi connectivity index (χ2n) is 6.53. The molecule has 0 aliphatic carbocycles. The minimum Gasteiger partial charge on any atom is -0.487 e. The van der Waals surface area contributed by atoms with Crippen molar-refractivity contribution >= 4 is 49.5 Å². The van der Waals surface area contributed by atoms with Crippen LogP contribution in [0.15, 0.2) is 81.2 Å². The molecule has 0 radical (unpaired) electrons. The van der Waals surface area contributed by atoms with E-state index in [0.29, 0.717) is 23.6 Å². The average molecular weight is 526 g/mol. The molecular formula is C24H18Br2N2O2. The number of ether oxygens (including phenoxy) is 1. The maximum absolute atomic E-state index is 12.5. The summed E-state index contributed by atoms with van der Waals surface area (Å²) in [4.78, 5) is 12.5. The van der Waals surface area contributed by atoms with Crippen LogP contribution in [0.25, 0.3) is 6.08 Å². The Morgan fingerprint density at radius 2 is 1.70 bits per heavy atom. The SMILES string of the molecule is Cc1ccccc1NC(=O)/C(C#N)=C\c1cc(Br)c(OCc2ccccc2)c(Br)c1. The van der Waals surface area contributed by atoms with E-state index in [4.69, 9.17) is 4.74 Å². The van der Waals surface area contributed by atoms with Crippen molar-refractivity contribution in [2.24, 2.45) is 0 Å². The van der Waals surface area contributed by atoms with Gasteiger partial charge < -0.3 is 10.1 Å². The van der Waals surface area contributed by atoms with Crippen LogP contribution >= 0.6 is 31.9 Å². The van der Waals surface area contributed by atoms with E-state index in [2.05, 4.69) is 37.2 Å². The van der Waals surface area contributed by atoms with Crippen molar-refractivity contribution in [2.45, 2.75) is 13.5 Å². The van der Waals surface area contributed by atoms with Crippen molar-refractivity contribution < 1.29 is 9.53 Å². The first kappa shape index (κ1) is 21.8. The fourth-order valence-corrected chi connectivity index (χ4v) is 4.20. The molecule has 3 aromatic carbocycles. The number of carbonyl (C=O) groups excluding carboxylic acids is 1. The predicted molar refractivity (Wildman–Crippen MR) is 126 cm³/mol. The van der Waals surface area contributed by atoms with Crippen molar-refractivity contribution in [1.82, 2.24) is 0 Å². The maximum atomic E-state index is 12.5. The Morgan fingerprint density at radius 3 is 2.33 bits per heavy atom. The second-order valence-corrected chi connectivity index (χ2v) is 8.24. The monoisotopic (exact) mass is 524 g/mol. The molecule has 0 saturated heterocycles. The largest absolute Gasteiger partial charge is 0.487 e. The summed E-state index contributed by atoms with van der Waals surface area (Å²) in [5.41, 5.74) is 3.36. The van der Waals surface area contributed by atoms with Crippen molar-refractivity contribution in [3.8, 4) is 11.8 Å². The zero-order valence-electron chi connectivity index (χ0n) is 16.2. The van der Waals surface area contributed by atoms with Gasteiger partial charge in [0.1, 0.15) is 24.0 Å². The van der Waals surface area contributed by atoms with Gasteiger partial charge in [-0.2, -0.15) is 5.26 Å². The van der Waals surface area contributed by atoms with Crippen LogP contribution in [0.5, 0.6) is 5.75 Å². The van der Waals surface area contributed by atoms with Crippen molar-refractivity contribution in [1.29, 1.82) is 5.26 Å². The topological polar surface area (TPSA) is 62.1 Å². The number of aryl methyl sites for hydroxylation is 1. The molecule has 1 N–H and O–H groups in total. The van der Waals surface area contributed by atoms with E-state index in [0.717, 1.165) is 20.1 Å². The van der Waals surface area contributed by atoms with Gasteiger partial charge in [-0.05, 0) is 79.7 Å². The van der Waals surface area contributed by atoms with E-state index in [1.165, 1.54) is 0 Å². The van der Waals surface area contributed by atoms with Crippen LogP contribution in [0.4, 0.5) is 5.69 Å². The molecule has 0 bridgehead atoms. The highest BCUT2D eigenvalue weighted by Gasteiger charge is 2.13. The number of nitrogens with one attached hydrogen (secondary N) is 1. The lowest BCUT2D eigenvalue weighted by Gasteiger charge is -2.12. The number of anilines is 1. The first-order valence-corrected chi connectivity index (χ1v) is 10.7. The van der Waals surface area contributed by atoms with E-state index in [9.17, 15) is 10.1 Å².